The molecular formula is C18H12Cl2N4O2S. The van der Waals surface area contributed by atoms with Crippen LogP contribution < -0.4 is 10.6 Å². The molecule has 0 saturated carbocycles. The number of nitrogens with zero attached hydrogens (tertiary/aromatic N) is 2. The average molecular weight is 419 g/mol. The molecule has 0 aliphatic carbocycles. The fourth-order valence-corrected chi connectivity index (χ4v) is 2.94. The molecule has 0 bridgehead atoms. The van der Waals surface area contributed by atoms with Gasteiger partial charge in [-0.15, -0.1) is 5.10 Å². The van der Waals surface area contributed by atoms with Gasteiger partial charge in [0.2, 0.25) is 0 Å². The van der Waals surface area contributed by atoms with Gasteiger partial charge in [0.25, 0.3) is 11.8 Å². The first-order chi connectivity index (χ1) is 13.0. The second-order valence-electron chi connectivity index (χ2n) is 5.32. The predicted octanol–water partition coefficient (Wildman–Crippen LogP) is 4.51. The Morgan fingerprint density at radius 1 is 0.926 bits per heavy atom. The van der Waals surface area contributed by atoms with E-state index in [0.29, 0.717) is 27.1 Å². The lowest BCUT2D eigenvalue weighted by Gasteiger charge is -2.10. The van der Waals surface area contributed by atoms with Crippen molar-refractivity contribution in [2.45, 2.75) is 0 Å². The minimum atomic E-state index is -0.607. The third-order valence-electron chi connectivity index (χ3n) is 3.32. The number of halogens is 2. The van der Waals surface area contributed by atoms with Gasteiger partial charge in [-0.2, -0.15) is 0 Å². The normalized spacial score (nSPS) is 10.1. The van der Waals surface area contributed by atoms with Crippen molar-refractivity contribution in [3.8, 4) is 0 Å². The minimum Gasteiger partial charge on any atom is -0.322 e. The average Bonchev–Trinajstić information content (AvgIpc) is 3.12. The molecule has 0 aliphatic heterocycles. The minimum absolute atomic E-state index is 0.136. The van der Waals surface area contributed by atoms with Crippen LogP contribution in [0.2, 0.25) is 10.0 Å². The highest BCUT2D eigenvalue weighted by Crippen LogP contribution is 2.19. The van der Waals surface area contributed by atoms with Crippen LogP contribution in [0.3, 0.4) is 0 Å². The quantitative estimate of drug-likeness (QED) is 0.362. The molecule has 3 aromatic rings. The number of carbonyl (C=O) groups excluding carboxylic acids is 2. The Morgan fingerprint density at radius 3 is 1.93 bits per heavy atom. The number of benzene rings is 2. The Bertz CT molecular complexity index is 945. The van der Waals surface area contributed by atoms with Crippen LogP contribution in [0.5, 0.6) is 0 Å². The van der Waals surface area contributed by atoms with Crippen molar-refractivity contribution < 1.29 is 9.59 Å². The lowest BCUT2D eigenvalue weighted by Crippen LogP contribution is -2.25. The largest absolute Gasteiger partial charge is 0.322 e. The van der Waals surface area contributed by atoms with E-state index in [4.69, 9.17) is 23.2 Å². The molecule has 0 aliphatic rings. The standard InChI is InChI=1S/C18H12Cl2N4O2S/c19-11-3-1-5-13(7-11)21-17(25)16(9-15-10-27-24-23-15)18(26)22-14-6-2-4-12(20)8-14/h1-10H,(H,21,25)(H,22,26). The fraction of sp³-hybridized carbons (Fsp3) is 0. The summed E-state index contributed by atoms with van der Waals surface area (Å²) in [5.74, 6) is -1.21. The molecule has 136 valence electrons. The van der Waals surface area contributed by atoms with E-state index in [0.717, 1.165) is 11.5 Å². The van der Waals surface area contributed by atoms with Gasteiger partial charge in [0.05, 0.1) is 5.69 Å². The number of carbonyl (C=O) groups is 2. The van der Waals surface area contributed by atoms with E-state index < -0.39 is 11.8 Å². The molecule has 0 fully saturated rings. The SMILES string of the molecule is O=C(Nc1cccc(Cl)c1)C(=Cc1csnn1)C(=O)Nc1cccc(Cl)c1. The molecule has 2 aromatic carbocycles. The summed E-state index contributed by atoms with van der Waals surface area (Å²) >= 11 is 13.0. The highest BCUT2D eigenvalue weighted by molar-refractivity contribution is 7.03. The Labute approximate surface area is 169 Å². The van der Waals surface area contributed by atoms with Gasteiger partial charge in [-0.3, -0.25) is 9.59 Å². The number of aromatic nitrogens is 2. The van der Waals surface area contributed by atoms with E-state index in [1.54, 1.807) is 53.9 Å². The van der Waals surface area contributed by atoms with Gasteiger partial charge < -0.3 is 10.6 Å². The first-order valence-corrected chi connectivity index (χ1v) is 9.23. The van der Waals surface area contributed by atoms with E-state index >= 15 is 0 Å². The number of nitrogens with one attached hydrogen (secondary N) is 2. The smallest absolute Gasteiger partial charge is 0.261 e. The Hall–Kier alpha value is -2.74. The summed E-state index contributed by atoms with van der Waals surface area (Å²) in [6, 6.07) is 13.2. The van der Waals surface area contributed by atoms with Crippen LogP contribution in [-0.4, -0.2) is 21.4 Å². The summed E-state index contributed by atoms with van der Waals surface area (Å²) < 4.78 is 3.73. The van der Waals surface area contributed by atoms with Gasteiger partial charge in [0.15, 0.2) is 0 Å². The molecule has 0 spiro atoms. The van der Waals surface area contributed by atoms with Gasteiger partial charge in [-0.25, -0.2) is 0 Å². The molecule has 0 atom stereocenters. The maximum Gasteiger partial charge on any atom is 0.261 e. The molecule has 1 heterocycles. The maximum absolute atomic E-state index is 12.7. The van der Waals surface area contributed by atoms with Crippen molar-refractivity contribution >= 4 is 64.0 Å². The number of rotatable bonds is 5. The Balaban J connectivity index is 1.86. The van der Waals surface area contributed by atoms with Crippen molar-refractivity contribution in [2.75, 3.05) is 10.6 Å². The number of hydrogen-bond acceptors (Lipinski definition) is 5. The lowest BCUT2D eigenvalue weighted by molar-refractivity contribution is -0.118. The molecular weight excluding hydrogens is 407 g/mol. The third kappa shape index (κ3) is 5.37. The van der Waals surface area contributed by atoms with E-state index in [1.807, 2.05) is 0 Å². The van der Waals surface area contributed by atoms with E-state index in [-0.39, 0.29) is 5.57 Å². The Morgan fingerprint density at radius 2 is 1.48 bits per heavy atom. The van der Waals surface area contributed by atoms with Gasteiger partial charge in [0.1, 0.15) is 5.57 Å². The van der Waals surface area contributed by atoms with Crippen molar-refractivity contribution in [2.24, 2.45) is 0 Å². The van der Waals surface area contributed by atoms with Gasteiger partial charge in [-0.05, 0) is 54.0 Å². The van der Waals surface area contributed by atoms with Gasteiger partial charge in [0, 0.05) is 26.8 Å². The van der Waals surface area contributed by atoms with Crippen molar-refractivity contribution in [1.82, 2.24) is 9.59 Å². The van der Waals surface area contributed by atoms with E-state index in [1.165, 1.54) is 6.08 Å². The third-order valence-corrected chi connectivity index (χ3v) is 4.32. The van der Waals surface area contributed by atoms with Crippen LogP contribution in [0, 0.1) is 0 Å². The zero-order valence-electron chi connectivity index (χ0n) is 13.6. The molecule has 3 rings (SSSR count). The van der Waals surface area contributed by atoms with Crippen molar-refractivity contribution in [3.05, 3.63) is 75.2 Å². The highest BCUT2D eigenvalue weighted by Gasteiger charge is 2.20. The first-order valence-electron chi connectivity index (χ1n) is 7.64. The van der Waals surface area contributed by atoms with E-state index in [9.17, 15) is 9.59 Å². The summed E-state index contributed by atoms with van der Waals surface area (Å²) in [6.45, 7) is 0. The first kappa shape index (κ1) is 19.0. The molecule has 0 radical (unpaired) electrons. The topological polar surface area (TPSA) is 84.0 Å². The molecule has 2 amide bonds. The summed E-state index contributed by atoms with van der Waals surface area (Å²) in [5, 5.41) is 11.7. The highest BCUT2D eigenvalue weighted by atomic mass is 35.5. The zero-order chi connectivity index (χ0) is 19.2. The number of amides is 2. The number of hydrogen-bond donors (Lipinski definition) is 2. The van der Waals surface area contributed by atoms with Crippen molar-refractivity contribution in [3.63, 3.8) is 0 Å². The van der Waals surface area contributed by atoms with E-state index in [2.05, 4.69) is 20.2 Å². The summed E-state index contributed by atoms with van der Waals surface area (Å²) in [4.78, 5) is 25.4. The second-order valence-corrected chi connectivity index (χ2v) is 6.80. The summed E-state index contributed by atoms with van der Waals surface area (Å²) in [5.41, 5.74) is 1.19. The molecule has 9 heteroatoms. The predicted molar refractivity (Wildman–Crippen MR) is 108 cm³/mol. The van der Waals surface area contributed by atoms with Gasteiger partial charge in [-0.1, -0.05) is 39.8 Å². The second kappa shape index (κ2) is 8.77. The van der Waals surface area contributed by atoms with Crippen LogP contribution >= 0.6 is 34.7 Å². The van der Waals surface area contributed by atoms with Crippen LogP contribution in [0.25, 0.3) is 6.08 Å². The van der Waals surface area contributed by atoms with Crippen LogP contribution in [0.1, 0.15) is 5.69 Å². The molecule has 2 N–H and O–H groups in total. The molecule has 0 unspecified atom stereocenters. The summed E-state index contributed by atoms with van der Waals surface area (Å²) in [6.07, 6.45) is 1.36. The molecule has 6 nitrogen and oxygen atoms in total. The molecule has 27 heavy (non-hydrogen) atoms. The zero-order valence-corrected chi connectivity index (χ0v) is 16.0. The lowest BCUT2D eigenvalue weighted by atomic mass is 10.1. The monoisotopic (exact) mass is 418 g/mol. The fourth-order valence-electron chi connectivity index (χ4n) is 2.15. The Kier molecular flexibility index (Phi) is 6.18. The van der Waals surface area contributed by atoms with Crippen LogP contribution in [0.4, 0.5) is 11.4 Å². The molecule has 1 aromatic heterocycles. The summed E-state index contributed by atoms with van der Waals surface area (Å²) in [7, 11) is 0. The van der Waals surface area contributed by atoms with Gasteiger partial charge >= 0.3 is 0 Å². The van der Waals surface area contributed by atoms with Crippen molar-refractivity contribution in [1.29, 1.82) is 0 Å². The van der Waals surface area contributed by atoms with Crippen LogP contribution in [0.15, 0.2) is 59.5 Å². The molecule has 0 saturated heterocycles. The number of anilines is 2. The maximum atomic E-state index is 12.7. The van der Waals surface area contributed by atoms with Crippen LogP contribution in [-0.2, 0) is 9.59 Å².